The molecule has 12 heavy (non-hydrogen) atoms. The SMILES string of the molecule is CN(C)NCC1(O)CCCCC1. The van der Waals surface area contributed by atoms with E-state index in [-0.39, 0.29) is 0 Å². The van der Waals surface area contributed by atoms with E-state index in [9.17, 15) is 5.11 Å². The van der Waals surface area contributed by atoms with Gasteiger partial charge < -0.3 is 5.11 Å². The molecule has 3 heteroatoms. The first-order valence-electron chi connectivity index (χ1n) is 4.76. The van der Waals surface area contributed by atoms with E-state index < -0.39 is 5.60 Å². The van der Waals surface area contributed by atoms with Gasteiger partial charge in [0.15, 0.2) is 0 Å². The summed E-state index contributed by atoms with van der Waals surface area (Å²) in [6.07, 6.45) is 5.53. The Morgan fingerprint density at radius 3 is 2.33 bits per heavy atom. The minimum atomic E-state index is -0.442. The van der Waals surface area contributed by atoms with Crippen molar-refractivity contribution in [2.75, 3.05) is 20.6 Å². The standard InChI is InChI=1S/C9H20N2O/c1-11(2)10-8-9(12)6-4-3-5-7-9/h10,12H,3-8H2,1-2H3. The summed E-state index contributed by atoms with van der Waals surface area (Å²) >= 11 is 0. The molecule has 0 aromatic rings. The molecule has 0 amide bonds. The highest BCUT2D eigenvalue weighted by Gasteiger charge is 2.28. The maximum Gasteiger partial charge on any atom is 0.0785 e. The van der Waals surface area contributed by atoms with Crippen LogP contribution in [0, 0.1) is 0 Å². The number of hydrogen-bond acceptors (Lipinski definition) is 3. The van der Waals surface area contributed by atoms with Gasteiger partial charge in [-0.05, 0) is 12.8 Å². The van der Waals surface area contributed by atoms with Crippen LogP contribution in [-0.4, -0.2) is 36.4 Å². The molecule has 0 atom stereocenters. The summed E-state index contributed by atoms with van der Waals surface area (Å²) in [4.78, 5) is 0. The van der Waals surface area contributed by atoms with Crippen molar-refractivity contribution in [3.05, 3.63) is 0 Å². The van der Waals surface area contributed by atoms with Crippen molar-refractivity contribution in [1.82, 2.24) is 10.4 Å². The van der Waals surface area contributed by atoms with Gasteiger partial charge in [-0.2, -0.15) is 0 Å². The minimum Gasteiger partial charge on any atom is -0.389 e. The highest BCUT2D eigenvalue weighted by Crippen LogP contribution is 2.27. The van der Waals surface area contributed by atoms with Gasteiger partial charge in [-0.25, -0.2) is 0 Å². The molecule has 2 N–H and O–H groups in total. The Kier molecular flexibility index (Phi) is 3.50. The van der Waals surface area contributed by atoms with E-state index in [1.165, 1.54) is 19.3 Å². The van der Waals surface area contributed by atoms with E-state index in [0.29, 0.717) is 6.54 Å². The van der Waals surface area contributed by atoms with Gasteiger partial charge in [0.05, 0.1) is 5.60 Å². The predicted molar refractivity (Wildman–Crippen MR) is 49.7 cm³/mol. The molecule has 1 aliphatic carbocycles. The van der Waals surface area contributed by atoms with Gasteiger partial charge in [0.1, 0.15) is 0 Å². The van der Waals surface area contributed by atoms with Crippen molar-refractivity contribution >= 4 is 0 Å². The second-order valence-corrected chi connectivity index (χ2v) is 4.01. The molecule has 1 saturated carbocycles. The van der Waals surface area contributed by atoms with Crippen LogP contribution in [0.25, 0.3) is 0 Å². The third-order valence-corrected chi connectivity index (χ3v) is 2.51. The van der Waals surface area contributed by atoms with E-state index in [4.69, 9.17) is 0 Å². The van der Waals surface area contributed by atoms with Gasteiger partial charge >= 0.3 is 0 Å². The van der Waals surface area contributed by atoms with Gasteiger partial charge in [0.25, 0.3) is 0 Å². The summed E-state index contributed by atoms with van der Waals surface area (Å²) in [5, 5.41) is 11.9. The highest BCUT2D eigenvalue weighted by molar-refractivity contribution is 4.83. The van der Waals surface area contributed by atoms with Gasteiger partial charge in [-0.15, -0.1) is 0 Å². The van der Waals surface area contributed by atoms with Crippen LogP contribution in [0.1, 0.15) is 32.1 Å². The lowest BCUT2D eigenvalue weighted by Crippen LogP contribution is -2.46. The molecular weight excluding hydrogens is 152 g/mol. The fraction of sp³-hybridized carbons (Fsp3) is 1.00. The Bertz CT molecular complexity index is 130. The molecule has 0 radical (unpaired) electrons. The lowest BCUT2D eigenvalue weighted by atomic mass is 9.85. The number of hydrazine groups is 1. The minimum absolute atomic E-state index is 0.442. The van der Waals surface area contributed by atoms with Crippen molar-refractivity contribution in [2.45, 2.75) is 37.7 Å². The largest absolute Gasteiger partial charge is 0.389 e. The molecule has 0 spiro atoms. The third-order valence-electron chi connectivity index (χ3n) is 2.51. The first-order valence-corrected chi connectivity index (χ1v) is 4.76. The molecule has 3 nitrogen and oxygen atoms in total. The summed E-state index contributed by atoms with van der Waals surface area (Å²) < 4.78 is 0. The van der Waals surface area contributed by atoms with Crippen LogP contribution in [0.3, 0.4) is 0 Å². The average Bonchev–Trinajstić information content (AvgIpc) is 2.03. The van der Waals surface area contributed by atoms with Gasteiger partial charge in [0.2, 0.25) is 0 Å². The lowest BCUT2D eigenvalue weighted by Gasteiger charge is -2.33. The van der Waals surface area contributed by atoms with Crippen molar-refractivity contribution < 1.29 is 5.11 Å². The van der Waals surface area contributed by atoms with Crippen LogP contribution in [0.15, 0.2) is 0 Å². The molecule has 1 rings (SSSR count). The fourth-order valence-electron chi connectivity index (χ4n) is 1.69. The van der Waals surface area contributed by atoms with Gasteiger partial charge in [-0.1, -0.05) is 19.3 Å². The topological polar surface area (TPSA) is 35.5 Å². The van der Waals surface area contributed by atoms with Crippen LogP contribution >= 0.6 is 0 Å². The molecule has 0 unspecified atom stereocenters. The van der Waals surface area contributed by atoms with Gasteiger partial charge in [-0.3, -0.25) is 10.4 Å². The number of hydrogen-bond donors (Lipinski definition) is 2. The lowest BCUT2D eigenvalue weighted by molar-refractivity contribution is -0.00790. The number of aliphatic hydroxyl groups is 1. The monoisotopic (exact) mass is 172 g/mol. The van der Waals surface area contributed by atoms with Gasteiger partial charge in [0, 0.05) is 20.6 Å². The van der Waals surface area contributed by atoms with Crippen LogP contribution in [0.4, 0.5) is 0 Å². The molecule has 1 aliphatic rings. The quantitative estimate of drug-likeness (QED) is 0.617. The number of rotatable bonds is 3. The number of nitrogens with one attached hydrogen (secondary N) is 1. The van der Waals surface area contributed by atoms with Crippen molar-refractivity contribution in [3.8, 4) is 0 Å². The predicted octanol–water partition coefficient (Wildman–Crippen LogP) is 0.748. The molecule has 0 aliphatic heterocycles. The summed E-state index contributed by atoms with van der Waals surface area (Å²) in [7, 11) is 3.90. The van der Waals surface area contributed by atoms with Crippen molar-refractivity contribution in [2.24, 2.45) is 0 Å². The Balaban J connectivity index is 2.26. The molecule has 0 aromatic carbocycles. The zero-order chi connectivity index (χ0) is 9.03. The van der Waals surface area contributed by atoms with Crippen LogP contribution in [0.5, 0.6) is 0 Å². The van der Waals surface area contributed by atoms with E-state index in [1.54, 1.807) is 0 Å². The Labute approximate surface area is 74.7 Å². The summed E-state index contributed by atoms with van der Waals surface area (Å²) in [6.45, 7) is 0.694. The van der Waals surface area contributed by atoms with Crippen LogP contribution in [0.2, 0.25) is 0 Å². The number of nitrogens with zero attached hydrogens (tertiary/aromatic N) is 1. The normalized spacial score (nSPS) is 23.0. The summed E-state index contributed by atoms with van der Waals surface area (Å²) in [6, 6.07) is 0. The zero-order valence-electron chi connectivity index (χ0n) is 8.14. The molecule has 0 bridgehead atoms. The Morgan fingerprint density at radius 2 is 1.83 bits per heavy atom. The zero-order valence-corrected chi connectivity index (χ0v) is 8.14. The molecule has 0 heterocycles. The van der Waals surface area contributed by atoms with Crippen LogP contribution in [-0.2, 0) is 0 Å². The Morgan fingerprint density at radius 1 is 1.25 bits per heavy atom. The average molecular weight is 172 g/mol. The second-order valence-electron chi connectivity index (χ2n) is 4.01. The van der Waals surface area contributed by atoms with Crippen LogP contribution < -0.4 is 5.43 Å². The summed E-state index contributed by atoms with van der Waals surface area (Å²) in [5.74, 6) is 0. The Hall–Kier alpha value is -0.120. The molecule has 0 aromatic heterocycles. The molecule has 1 fully saturated rings. The molecule has 72 valence electrons. The first-order chi connectivity index (χ1) is 5.62. The smallest absolute Gasteiger partial charge is 0.0785 e. The second kappa shape index (κ2) is 4.21. The molecular formula is C9H20N2O. The fourth-order valence-corrected chi connectivity index (χ4v) is 1.69. The molecule has 0 saturated heterocycles. The van der Waals surface area contributed by atoms with E-state index in [2.05, 4.69) is 5.43 Å². The third kappa shape index (κ3) is 3.09. The highest BCUT2D eigenvalue weighted by atomic mass is 16.3. The maximum absolute atomic E-state index is 10.0. The van der Waals surface area contributed by atoms with E-state index in [1.807, 2.05) is 19.1 Å². The maximum atomic E-state index is 10.0. The van der Waals surface area contributed by atoms with Crippen molar-refractivity contribution in [3.63, 3.8) is 0 Å². The van der Waals surface area contributed by atoms with E-state index >= 15 is 0 Å². The first kappa shape index (κ1) is 9.96. The summed E-state index contributed by atoms with van der Waals surface area (Å²) in [5.41, 5.74) is 2.70. The van der Waals surface area contributed by atoms with E-state index in [0.717, 1.165) is 12.8 Å². The van der Waals surface area contributed by atoms with Crippen molar-refractivity contribution in [1.29, 1.82) is 0 Å².